The van der Waals surface area contributed by atoms with Crippen molar-refractivity contribution in [2.45, 2.75) is 114 Å². The van der Waals surface area contributed by atoms with Crippen molar-refractivity contribution in [2.24, 2.45) is 5.92 Å². The van der Waals surface area contributed by atoms with E-state index in [2.05, 4.69) is 93.3 Å². The molecule has 1 aromatic rings. The molecule has 11 heteroatoms. The number of anilines is 1. The van der Waals surface area contributed by atoms with Crippen molar-refractivity contribution in [1.82, 2.24) is 9.97 Å². The lowest BCUT2D eigenvalue weighted by Gasteiger charge is -2.43. The normalized spacial score (nSPS) is 23.5. The monoisotopic (exact) mass is 655 g/mol. The smallest absolute Gasteiger partial charge is 0.333 e. The van der Waals surface area contributed by atoms with Crippen LogP contribution in [0.4, 0.5) is 5.82 Å². The summed E-state index contributed by atoms with van der Waals surface area (Å²) in [4.78, 5) is 9.08. The summed E-state index contributed by atoms with van der Waals surface area (Å²) in [5.41, 5.74) is 2.54. The van der Waals surface area contributed by atoms with E-state index in [4.69, 9.17) is 8.54 Å². The molecule has 0 radical (unpaired) electrons. The number of hydrogen-bond acceptors (Lipinski definition) is 8. The van der Waals surface area contributed by atoms with Gasteiger partial charge in [-0.15, -0.1) is 0 Å². The number of thioether (sulfide) groups is 1. The molecule has 0 unspecified atom stereocenters. The Bertz CT molecular complexity index is 818. The first-order valence-electron chi connectivity index (χ1n) is 12.8. The zero-order chi connectivity index (χ0) is 26.7. The Kier molecular flexibility index (Phi) is 12.0. The van der Waals surface area contributed by atoms with Gasteiger partial charge in [0.1, 0.15) is 11.9 Å². The third-order valence-electron chi connectivity index (χ3n) is 7.07. The molecule has 0 spiro atoms. The van der Waals surface area contributed by atoms with Crippen LogP contribution >= 0.6 is 34.4 Å². The van der Waals surface area contributed by atoms with Crippen molar-refractivity contribution in [1.29, 1.82) is 0 Å². The van der Waals surface area contributed by atoms with Gasteiger partial charge in [0.25, 0.3) is 0 Å². The minimum absolute atomic E-state index is 0.172. The zero-order valence-corrected chi connectivity index (χ0v) is 28.1. The van der Waals surface area contributed by atoms with Gasteiger partial charge in [-0.3, -0.25) is 0 Å². The first-order chi connectivity index (χ1) is 16.2. The van der Waals surface area contributed by atoms with Gasteiger partial charge in [-0.2, -0.15) is 0 Å². The van der Waals surface area contributed by atoms with Crippen LogP contribution in [0.5, 0.6) is 0 Å². The van der Waals surface area contributed by atoms with Crippen LogP contribution in [0.1, 0.15) is 67.5 Å². The van der Waals surface area contributed by atoms with E-state index in [1.807, 2.05) is 13.2 Å². The Hall–Kier alpha value is 0.234. The molecule has 0 aromatic carbocycles. The second-order valence-corrected chi connectivity index (χ2v) is 21.5. The Morgan fingerprint density at radius 2 is 1.63 bits per heavy atom. The molecule has 0 saturated heterocycles. The van der Waals surface area contributed by atoms with Gasteiger partial charge < -0.3 is 24.1 Å². The van der Waals surface area contributed by atoms with Gasteiger partial charge in [0, 0.05) is 12.5 Å². The molecule has 35 heavy (non-hydrogen) atoms. The molecule has 0 bridgehead atoms. The predicted molar refractivity (Wildman–Crippen MR) is 159 cm³/mol. The maximum atomic E-state index is 10.9. The number of hydrogen-bond donors (Lipinski definition) is 3. The van der Waals surface area contributed by atoms with Crippen molar-refractivity contribution in [3.05, 3.63) is 9.26 Å². The standard InChI is InChI=1S/C24H46IN3O4SSi2/c1-13(2)34(14(3)4)32-35(15(5)6,16(7)8)31-12-18-11-19(22(30)21(18)29)27-23-20(25)17(9)26-24(28-23)33-10/h13-16,18-19,21-22,29-30,34H,11-12H2,1-10H3,(H,26,27,28)/t18-,19-,21-,22+/m1/s1. The van der Waals surface area contributed by atoms with Crippen molar-refractivity contribution < 1.29 is 18.8 Å². The molecule has 1 aromatic heterocycles. The molecule has 2 rings (SSSR count). The fourth-order valence-electron chi connectivity index (χ4n) is 5.13. The van der Waals surface area contributed by atoms with Crippen LogP contribution in [-0.2, 0) is 8.54 Å². The molecule has 1 fully saturated rings. The van der Waals surface area contributed by atoms with Crippen LogP contribution in [0.2, 0.25) is 22.2 Å². The van der Waals surface area contributed by atoms with E-state index >= 15 is 0 Å². The summed E-state index contributed by atoms with van der Waals surface area (Å²) in [6.07, 6.45) is 0.797. The van der Waals surface area contributed by atoms with E-state index in [1.165, 1.54) is 11.8 Å². The summed E-state index contributed by atoms with van der Waals surface area (Å²) < 4.78 is 14.8. The Balaban J connectivity index is 2.20. The maximum absolute atomic E-state index is 10.9. The summed E-state index contributed by atoms with van der Waals surface area (Å²) in [5.74, 6) is 0.536. The van der Waals surface area contributed by atoms with Crippen LogP contribution in [0.15, 0.2) is 5.16 Å². The zero-order valence-electron chi connectivity index (χ0n) is 23.0. The summed E-state index contributed by atoms with van der Waals surface area (Å²) in [6.45, 7) is 20.3. The van der Waals surface area contributed by atoms with E-state index in [0.717, 1.165) is 9.26 Å². The average molecular weight is 656 g/mol. The molecule has 202 valence electrons. The van der Waals surface area contributed by atoms with Gasteiger partial charge in [0.05, 0.1) is 21.4 Å². The van der Waals surface area contributed by atoms with Crippen molar-refractivity contribution in [3.63, 3.8) is 0 Å². The Morgan fingerprint density at radius 3 is 2.11 bits per heavy atom. The molecule has 4 atom stereocenters. The number of halogens is 1. The van der Waals surface area contributed by atoms with Crippen molar-refractivity contribution in [2.75, 3.05) is 18.2 Å². The molecule has 1 aliphatic carbocycles. The lowest BCUT2D eigenvalue weighted by atomic mass is 10.1. The molecular formula is C24H46IN3O4SSi2. The number of nitrogens with zero attached hydrogens (tertiary/aromatic N) is 2. The minimum Gasteiger partial charge on any atom is -0.437 e. The highest BCUT2D eigenvalue weighted by Crippen LogP contribution is 2.40. The predicted octanol–water partition coefficient (Wildman–Crippen LogP) is 5.47. The molecule has 1 saturated carbocycles. The molecule has 1 heterocycles. The number of aromatic nitrogens is 2. The third kappa shape index (κ3) is 7.42. The molecule has 3 N–H and O–H groups in total. The summed E-state index contributed by atoms with van der Waals surface area (Å²) in [6, 6.07) is -0.306. The second kappa shape index (κ2) is 13.3. The van der Waals surface area contributed by atoms with Gasteiger partial charge in [0.15, 0.2) is 14.2 Å². The Labute approximate surface area is 233 Å². The van der Waals surface area contributed by atoms with E-state index in [1.54, 1.807) is 0 Å². The maximum Gasteiger partial charge on any atom is 0.333 e. The molecule has 7 nitrogen and oxygen atoms in total. The summed E-state index contributed by atoms with van der Waals surface area (Å²) in [5, 5.41) is 25.9. The van der Waals surface area contributed by atoms with Crippen LogP contribution in [0.25, 0.3) is 0 Å². The van der Waals surface area contributed by atoms with Crippen LogP contribution in [0, 0.1) is 16.4 Å². The van der Waals surface area contributed by atoms with Gasteiger partial charge in [-0.25, -0.2) is 9.97 Å². The van der Waals surface area contributed by atoms with E-state index in [9.17, 15) is 10.2 Å². The third-order valence-corrected chi connectivity index (χ3v) is 17.9. The van der Waals surface area contributed by atoms with Gasteiger partial charge in [-0.05, 0) is 64.4 Å². The van der Waals surface area contributed by atoms with Crippen LogP contribution < -0.4 is 5.32 Å². The highest BCUT2D eigenvalue weighted by molar-refractivity contribution is 14.1. The van der Waals surface area contributed by atoms with Gasteiger partial charge in [0.2, 0.25) is 0 Å². The van der Waals surface area contributed by atoms with E-state index in [-0.39, 0.29) is 12.0 Å². The highest BCUT2D eigenvalue weighted by Gasteiger charge is 2.50. The first kappa shape index (κ1) is 31.5. The number of aryl methyl sites for hydroxylation is 1. The Morgan fingerprint density at radius 1 is 1.06 bits per heavy atom. The largest absolute Gasteiger partial charge is 0.437 e. The number of aliphatic hydroxyl groups excluding tert-OH is 2. The molecule has 1 aliphatic rings. The lowest BCUT2D eigenvalue weighted by molar-refractivity contribution is 0.00342. The molecule has 0 aliphatic heterocycles. The topological polar surface area (TPSA) is 96.7 Å². The first-order valence-corrected chi connectivity index (χ1v) is 18.9. The number of nitrogens with one attached hydrogen (secondary N) is 1. The quantitative estimate of drug-likeness (QED) is 0.118. The van der Waals surface area contributed by atoms with Gasteiger partial charge >= 0.3 is 8.56 Å². The fraction of sp³-hybridized carbons (Fsp3) is 0.833. The summed E-state index contributed by atoms with van der Waals surface area (Å²) >= 11 is 3.72. The second-order valence-electron chi connectivity index (χ2n) is 11.1. The minimum atomic E-state index is -2.56. The van der Waals surface area contributed by atoms with Gasteiger partial charge in [-0.1, -0.05) is 67.2 Å². The number of aliphatic hydroxyl groups is 2. The van der Waals surface area contributed by atoms with E-state index in [0.29, 0.717) is 46.2 Å². The van der Waals surface area contributed by atoms with Crippen LogP contribution in [-0.4, -0.2) is 68.9 Å². The van der Waals surface area contributed by atoms with Crippen LogP contribution in [0.3, 0.4) is 0 Å². The SMILES string of the molecule is CSc1nc(C)c(I)c(N[C@@H]2C[C@H](CO[Si](O[SiH](C(C)C)C(C)C)(C(C)C)C(C)C)[C@@H](O)[C@H]2O)n1. The molecule has 0 amide bonds. The van der Waals surface area contributed by atoms with E-state index < -0.39 is 29.8 Å². The number of rotatable bonds is 12. The average Bonchev–Trinajstić information content (AvgIpc) is 3.03. The lowest BCUT2D eigenvalue weighted by Crippen LogP contribution is -2.54. The molecular weight excluding hydrogens is 609 g/mol. The highest BCUT2D eigenvalue weighted by atomic mass is 127. The summed E-state index contributed by atoms with van der Waals surface area (Å²) in [7, 11) is -4.05. The fourth-order valence-corrected chi connectivity index (χ4v) is 16.3. The van der Waals surface area contributed by atoms with Crippen molar-refractivity contribution >= 4 is 57.8 Å². The van der Waals surface area contributed by atoms with Crippen molar-refractivity contribution in [3.8, 4) is 0 Å².